The summed E-state index contributed by atoms with van der Waals surface area (Å²) in [6.07, 6.45) is 0. The molecule has 0 bridgehead atoms. The third kappa shape index (κ3) is 2.69. The number of aliphatic hydroxyl groups excluding tert-OH is 1. The van der Waals surface area contributed by atoms with Crippen LogP contribution in [0.3, 0.4) is 0 Å². The summed E-state index contributed by atoms with van der Waals surface area (Å²) in [5.74, 6) is 0. The molecular weight excluding hydrogens is 296 g/mol. The number of nitro groups is 1. The summed E-state index contributed by atoms with van der Waals surface area (Å²) in [4.78, 5) is 10.6. The fourth-order valence-electron chi connectivity index (χ4n) is 2.41. The fraction of sp³-hybridized carbons (Fsp3) is 0.125. The van der Waals surface area contributed by atoms with E-state index in [2.05, 4.69) is 10.3 Å². The number of benzene rings is 2. The molecule has 0 amide bonds. The highest BCUT2D eigenvalue weighted by molar-refractivity contribution is 5.65. The summed E-state index contributed by atoms with van der Waals surface area (Å²) in [6.45, 7) is 1.58. The van der Waals surface area contributed by atoms with E-state index in [1.165, 1.54) is 16.8 Å². The van der Waals surface area contributed by atoms with Crippen LogP contribution in [0.5, 0.6) is 0 Å². The molecule has 3 rings (SSSR count). The van der Waals surface area contributed by atoms with Gasteiger partial charge in [0, 0.05) is 17.7 Å². The molecule has 116 valence electrons. The van der Waals surface area contributed by atoms with Gasteiger partial charge >= 0.3 is 0 Å². The van der Waals surface area contributed by atoms with Gasteiger partial charge < -0.3 is 5.11 Å². The molecule has 1 N–H and O–H groups in total. The van der Waals surface area contributed by atoms with Crippen LogP contribution in [0, 0.1) is 17.0 Å². The minimum atomic E-state index is -0.449. The van der Waals surface area contributed by atoms with Gasteiger partial charge in [-0.1, -0.05) is 41.6 Å². The van der Waals surface area contributed by atoms with Gasteiger partial charge in [-0.3, -0.25) is 10.1 Å². The van der Waals surface area contributed by atoms with Crippen molar-refractivity contribution in [3.05, 3.63) is 69.9 Å². The quantitative estimate of drug-likeness (QED) is 0.590. The van der Waals surface area contributed by atoms with Crippen LogP contribution in [0.1, 0.15) is 11.3 Å². The molecule has 7 nitrogen and oxygen atoms in total. The van der Waals surface area contributed by atoms with Crippen LogP contribution in [0.4, 0.5) is 5.69 Å². The van der Waals surface area contributed by atoms with E-state index in [0.29, 0.717) is 17.1 Å². The van der Waals surface area contributed by atoms with Crippen molar-refractivity contribution in [3.63, 3.8) is 0 Å². The molecule has 0 spiro atoms. The second-order valence-electron chi connectivity index (χ2n) is 5.05. The predicted molar refractivity (Wildman–Crippen MR) is 84.1 cm³/mol. The minimum absolute atomic E-state index is 0.0225. The van der Waals surface area contributed by atoms with Crippen molar-refractivity contribution in [1.82, 2.24) is 15.0 Å². The van der Waals surface area contributed by atoms with Crippen LogP contribution in [0.25, 0.3) is 16.9 Å². The fourth-order valence-corrected chi connectivity index (χ4v) is 2.41. The second-order valence-corrected chi connectivity index (χ2v) is 5.05. The lowest BCUT2D eigenvalue weighted by molar-refractivity contribution is -0.384. The highest BCUT2D eigenvalue weighted by atomic mass is 16.6. The maximum Gasteiger partial charge on any atom is 0.271 e. The molecule has 1 heterocycles. The molecule has 0 unspecified atom stereocenters. The zero-order chi connectivity index (χ0) is 16.4. The van der Waals surface area contributed by atoms with Crippen molar-refractivity contribution in [2.24, 2.45) is 0 Å². The molecule has 23 heavy (non-hydrogen) atoms. The molecule has 2 aromatic carbocycles. The number of hydrogen-bond acceptors (Lipinski definition) is 5. The maximum absolute atomic E-state index is 11.0. The zero-order valence-electron chi connectivity index (χ0n) is 12.4. The molecule has 3 aromatic rings. The van der Waals surface area contributed by atoms with Gasteiger partial charge in [-0.25, -0.2) is 4.68 Å². The second kappa shape index (κ2) is 5.98. The lowest BCUT2D eigenvalue weighted by atomic mass is 10.1. The zero-order valence-corrected chi connectivity index (χ0v) is 12.4. The third-order valence-corrected chi connectivity index (χ3v) is 3.57. The first kappa shape index (κ1) is 14.9. The van der Waals surface area contributed by atoms with E-state index in [-0.39, 0.29) is 12.3 Å². The van der Waals surface area contributed by atoms with Crippen LogP contribution in [0.15, 0.2) is 48.5 Å². The number of rotatable bonds is 4. The van der Waals surface area contributed by atoms with Gasteiger partial charge in [-0.2, -0.15) is 0 Å². The van der Waals surface area contributed by atoms with Gasteiger partial charge in [-0.15, -0.1) is 5.10 Å². The van der Waals surface area contributed by atoms with Gasteiger partial charge in [0.25, 0.3) is 5.69 Å². The van der Waals surface area contributed by atoms with Crippen molar-refractivity contribution < 1.29 is 10.0 Å². The first-order valence-electron chi connectivity index (χ1n) is 6.98. The van der Waals surface area contributed by atoms with Crippen LogP contribution in [-0.2, 0) is 6.61 Å². The molecule has 0 aliphatic rings. The Labute approximate surface area is 132 Å². The van der Waals surface area contributed by atoms with Crippen molar-refractivity contribution in [3.8, 4) is 16.9 Å². The molecule has 0 saturated carbocycles. The van der Waals surface area contributed by atoms with Crippen molar-refractivity contribution in [1.29, 1.82) is 0 Å². The van der Waals surface area contributed by atoms with Crippen LogP contribution in [-0.4, -0.2) is 25.0 Å². The SMILES string of the molecule is Cc1ccc([N+](=O)[O-])cc1-n1nnc(CO)c1-c1ccccc1. The van der Waals surface area contributed by atoms with Gasteiger partial charge in [0.2, 0.25) is 0 Å². The Hall–Kier alpha value is -3.06. The standard InChI is InChI=1S/C16H14N4O3/c1-11-7-8-13(20(22)23)9-15(11)19-16(14(10-21)17-18-19)12-5-3-2-4-6-12/h2-9,21H,10H2,1H3. The van der Waals surface area contributed by atoms with E-state index >= 15 is 0 Å². The van der Waals surface area contributed by atoms with Crippen LogP contribution >= 0.6 is 0 Å². The summed E-state index contributed by atoms with van der Waals surface area (Å²) >= 11 is 0. The summed E-state index contributed by atoms with van der Waals surface area (Å²) in [7, 11) is 0. The van der Waals surface area contributed by atoms with E-state index < -0.39 is 4.92 Å². The van der Waals surface area contributed by atoms with Crippen molar-refractivity contribution in [2.45, 2.75) is 13.5 Å². The van der Waals surface area contributed by atoms with Gasteiger partial charge in [-0.05, 0) is 12.5 Å². The number of nitro benzene ring substituents is 1. The number of aryl methyl sites for hydroxylation is 1. The Morgan fingerprint density at radius 1 is 1.22 bits per heavy atom. The summed E-state index contributed by atoms with van der Waals surface area (Å²) in [6, 6.07) is 13.9. The molecule has 0 fully saturated rings. The van der Waals surface area contributed by atoms with Crippen molar-refractivity contribution in [2.75, 3.05) is 0 Å². The molecule has 0 aliphatic carbocycles. The van der Waals surface area contributed by atoms with Crippen molar-refractivity contribution >= 4 is 5.69 Å². The molecule has 0 radical (unpaired) electrons. The summed E-state index contributed by atoms with van der Waals surface area (Å²) < 4.78 is 1.53. The average Bonchev–Trinajstić information content (AvgIpc) is 2.99. The number of hydrogen-bond donors (Lipinski definition) is 1. The van der Waals surface area contributed by atoms with Crippen LogP contribution in [0.2, 0.25) is 0 Å². The number of nitrogens with zero attached hydrogens (tertiary/aromatic N) is 4. The summed E-state index contributed by atoms with van der Waals surface area (Å²) in [5, 5.41) is 28.6. The highest BCUT2D eigenvalue weighted by Gasteiger charge is 2.18. The summed E-state index contributed by atoms with van der Waals surface area (Å²) in [5.41, 5.74) is 3.23. The number of non-ortho nitro benzene ring substituents is 1. The molecular formula is C16H14N4O3. The van der Waals surface area contributed by atoms with Gasteiger partial charge in [0.1, 0.15) is 11.4 Å². The largest absolute Gasteiger partial charge is 0.390 e. The molecule has 0 atom stereocenters. The first-order valence-corrected chi connectivity index (χ1v) is 6.98. The Kier molecular flexibility index (Phi) is 3.86. The lowest BCUT2D eigenvalue weighted by Gasteiger charge is -2.10. The smallest absolute Gasteiger partial charge is 0.271 e. The van der Waals surface area contributed by atoms with E-state index in [9.17, 15) is 15.2 Å². The van der Waals surface area contributed by atoms with E-state index in [1.54, 1.807) is 6.07 Å². The number of aliphatic hydroxyl groups is 1. The normalized spacial score (nSPS) is 10.7. The maximum atomic E-state index is 11.0. The first-order chi connectivity index (χ1) is 11.1. The third-order valence-electron chi connectivity index (χ3n) is 3.57. The Bertz CT molecular complexity index is 859. The topological polar surface area (TPSA) is 94.1 Å². The predicted octanol–water partition coefficient (Wildman–Crippen LogP) is 2.64. The average molecular weight is 310 g/mol. The minimum Gasteiger partial charge on any atom is -0.390 e. The lowest BCUT2D eigenvalue weighted by Crippen LogP contribution is -2.03. The van der Waals surface area contributed by atoms with E-state index in [1.807, 2.05) is 37.3 Å². The van der Waals surface area contributed by atoms with E-state index in [0.717, 1.165) is 11.1 Å². The Balaban J connectivity index is 2.24. The molecule has 0 aliphatic heterocycles. The monoisotopic (exact) mass is 310 g/mol. The van der Waals surface area contributed by atoms with Crippen LogP contribution < -0.4 is 0 Å². The van der Waals surface area contributed by atoms with Gasteiger partial charge in [0.05, 0.1) is 17.2 Å². The van der Waals surface area contributed by atoms with E-state index in [4.69, 9.17) is 0 Å². The highest BCUT2D eigenvalue weighted by Crippen LogP contribution is 2.28. The Morgan fingerprint density at radius 2 is 1.96 bits per heavy atom. The number of aromatic nitrogens is 3. The molecule has 7 heteroatoms. The van der Waals surface area contributed by atoms with Gasteiger partial charge in [0.15, 0.2) is 0 Å². The molecule has 0 saturated heterocycles. The Morgan fingerprint density at radius 3 is 2.61 bits per heavy atom. The molecule has 1 aromatic heterocycles.